The zero-order valence-electron chi connectivity index (χ0n) is 16.9. The predicted molar refractivity (Wildman–Crippen MR) is 110 cm³/mol. The maximum Gasteiger partial charge on any atom is 0.230 e. The number of aromatic nitrogens is 4. The summed E-state index contributed by atoms with van der Waals surface area (Å²) < 4.78 is 1.93. The molecular formula is C20H34N6OS. The largest absolute Gasteiger partial charge is 0.354 e. The number of nitrogens with one attached hydrogen (secondary N) is 1. The highest BCUT2D eigenvalue weighted by Crippen LogP contribution is 2.35. The van der Waals surface area contributed by atoms with E-state index in [0.29, 0.717) is 11.8 Å². The molecule has 4 rings (SSSR count). The van der Waals surface area contributed by atoms with E-state index in [9.17, 15) is 4.79 Å². The van der Waals surface area contributed by atoms with Gasteiger partial charge in [-0.1, -0.05) is 50.3 Å². The van der Waals surface area contributed by atoms with Crippen LogP contribution in [-0.2, 0) is 4.79 Å². The molecule has 2 aliphatic carbocycles. The molecule has 28 heavy (non-hydrogen) atoms. The summed E-state index contributed by atoms with van der Waals surface area (Å²) in [6.07, 6.45) is 15.1. The van der Waals surface area contributed by atoms with Crippen LogP contribution in [0.3, 0.4) is 0 Å². The van der Waals surface area contributed by atoms with Crippen LogP contribution < -0.4 is 5.32 Å². The van der Waals surface area contributed by atoms with E-state index in [2.05, 4.69) is 25.7 Å². The molecule has 156 valence electrons. The van der Waals surface area contributed by atoms with Crippen molar-refractivity contribution in [2.45, 2.75) is 93.8 Å². The summed E-state index contributed by atoms with van der Waals surface area (Å²) in [4.78, 5) is 15.3. The Kier molecular flexibility index (Phi) is 6.88. The van der Waals surface area contributed by atoms with E-state index in [0.717, 1.165) is 24.5 Å². The van der Waals surface area contributed by atoms with Gasteiger partial charge in [-0.3, -0.25) is 9.69 Å². The van der Waals surface area contributed by atoms with Gasteiger partial charge in [-0.05, 0) is 62.0 Å². The van der Waals surface area contributed by atoms with Crippen molar-refractivity contribution in [3.63, 3.8) is 0 Å². The van der Waals surface area contributed by atoms with Gasteiger partial charge in [-0.15, -0.1) is 5.10 Å². The molecule has 0 aromatic carbocycles. The lowest BCUT2D eigenvalue weighted by molar-refractivity contribution is -0.119. The molecule has 3 aliphatic rings. The monoisotopic (exact) mass is 406 g/mol. The lowest BCUT2D eigenvalue weighted by Gasteiger charge is -2.48. The van der Waals surface area contributed by atoms with Gasteiger partial charge in [0.1, 0.15) is 0 Å². The summed E-state index contributed by atoms with van der Waals surface area (Å²) in [6, 6.07) is 0.408. The van der Waals surface area contributed by atoms with Crippen LogP contribution in [0, 0.1) is 0 Å². The van der Waals surface area contributed by atoms with Crippen molar-refractivity contribution < 1.29 is 4.79 Å². The third-order valence-corrected chi connectivity index (χ3v) is 7.82. The van der Waals surface area contributed by atoms with Crippen molar-refractivity contribution in [2.24, 2.45) is 0 Å². The first-order valence-corrected chi connectivity index (χ1v) is 12.2. The molecule has 0 radical (unpaired) electrons. The molecule has 0 unspecified atom stereocenters. The van der Waals surface area contributed by atoms with Crippen molar-refractivity contribution in [1.29, 1.82) is 0 Å². The number of amides is 1. The van der Waals surface area contributed by atoms with Gasteiger partial charge in [0.25, 0.3) is 0 Å². The molecule has 1 saturated heterocycles. The summed E-state index contributed by atoms with van der Waals surface area (Å²) in [7, 11) is 0. The highest BCUT2D eigenvalue weighted by Gasteiger charge is 2.38. The molecular weight excluding hydrogens is 372 g/mol. The number of piperidine rings is 1. The highest BCUT2D eigenvalue weighted by molar-refractivity contribution is 7.99. The fourth-order valence-electron chi connectivity index (χ4n) is 5.29. The Morgan fingerprint density at radius 3 is 2.50 bits per heavy atom. The van der Waals surface area contributed by atoms with Gasteiger partial charge in [0.2, 0.25) is 11.1 Å². The standard InChI is InChI=1S/C20H34N6OS/c27-18(15-28-19-22-23-24-26(19)17-9-3-4-10-17)21-16-20(11-5-1-6-12-20)25-13-7-2-8-14-25/h17H,1-16H2,(H,21,27). The van der Waals surface area contributed by atoms with Crippen molar-refractivity contribution in [1.82, 2.24) is 30.4 Å². The normalized spacial score (nSPS) is 23.7. The summed E-state index contributed by atoms with van der Waals surface area (Å²) in [6.45, 7) is 3.18. The number of likely N-dealkylation sites (tertiary alicyclic amines) is 1. The van der Waals surface area contributed by atoms with Gasteiger partial charge < -0.3 is 5.32 Å². The number of rotatable bonds is 7. The molecule has 1 aromatic heterocycles. The van der Waals surface area contributed by atoms with E-state index >= 15 is 0 Å². The quantitative estimate of drug-likeness (QED) is 0.701. The van der Waals surface area contributed by atoms with E-state index < -0.39 is 0 Å². The number of hydrogen-bond acceptors (Lipinski definition) is 6. The van der Waals surface area contributed by atoms with Crippen molar-refractivity contribution in [3.05, 3.63) is 0 Å². The first kappa shape index (κ1) is 20.1. The molecule has 1 amide bonds. The highest BCUT2D eigenvalue weighted by atomic mass is 32.2. The van der Waals surface area contributed by atoms with Crippen LogP contribution in [0.5, 0.6) is 0 Å². The van der Waals surface area contributed by atoms with Gasteiger partial charge in [-0.2, -0.15) is 0 Å². The Bertz CT molecular complexity index is 632. The molecule has 8 heteroatoms. The Morgan fingerprint density at radius 1 is 1.04 bits per heavy atom. The molecule has 2 heterocycles. The van der Waals surface area contributed by atoms with Crippen LogP contribution in [0.1, 0.15) is 83.1 Å². The minimum Gasteiger partial charge on any atom is -0.354 e. The molecule has 0 spiro atoms. The Morgan fingerprint density at radius 2 is 1.75 bits per heavy atom. The fraction of sp³-hybridized carbons (Fsp3) is 0.900. The van der Waals surface area contributed by atoms with Crippen molar-refractivity contribution in [2.75, 3.05) is 25.4 Å². The summed E-state index contributed by atoms with van der Waals surface area (Å²) in [5, 5.41) is 16.2. The minimum atomic E-state index is 0.105. The zero-order chi connectivity index (χ0) is 19.2. The van der Waals surface area contributed by atoms with Gasteiger partial charge >= 0.3 is 0 Å². The first-order chi connectivity index (χ1) is 13.8. The molecule has 3 fully saturated rings. The Labute approximate surface area is 172 Å². The van der Waals surface area contributed by atoms with Crippen LogP contribution in [0.15, 0.2) is 5.16 Å². The van der Waals surface area contributed by atoms with Crippen LogP contribution in [0.25, 0.3) is 0 Å². The van der Waals surface area contributed by atoms with Gasteiger partial charge in [-0.25, -0.2) is 4.68 Å². The van der Waals surface area contributed by atoms with E-state index in [1.807, 2.05) is 4.68 Å². The number of carbonyl (C=O) groups excluding carboxylic acids is 1. The summed E-state index contributed by atoms with van der Waals surface area (Å²) >= 11 is 1.47. The molecule has 0 bridgehead atoms. The molecule has 2 saturated carbocycles. The van der Waals surface area contributed by atoms with E-state index in [1.165, 1.54) is 89.1 Å². The SMILES string of the molecule is O=C(CSc1nnnn1C1CCCC1)NCC1(N2CCCCC2)CCCCC1. The van der Waals surface area contributed by atoms with Gasteiger partial charge in [0.05, 0.1) is 11.8 Å². The molecule has 7 nitrogen and oxygen atoms in total. The fourth-order valence-corrected chi connectivity index (χ4v) is 6.06. The van der Waals surface area contributed by atoms with E-state index in [1.54, 1.807) is 0 Å². The number of thioether (sulfide) groups is 1. The smallest absolute Gasteiger partial charge is 0.230 e. The number of tetrazole rings is 1. The maximum absolute atomic E-state index is 12.6. The average Bonchev–Trinajstić information content (AvgIpc) is 3.43. The maximum atomic E-state index is 12.6. The van der Waals surface area contributed by atoms with Gasteiger partial charge in [0, 0.05) is 12.1 Å². The Balaban J connectivity index is 1.30. The second-order valence-corrected chi connectivity index (χ2v) is 9.68. The first-order valence-electron chi connectivity index (χ1n) is 11.2. The topological polar surface area (TPSA) is 75.9 Å². The average molecular weight is 407 g/mol. The molecule has 1 aromatic rings. The minimum absolute atomic E-state index is 0.105. The van der Waals surface area contributed by atoms with Crippen LogP contribution in [0.4, 0.5) is 0 Å². The third kappa shape index (κ3) is 4.70. The molecule has 1 aliphatic heterocycles. The van der Waals surface area contributed by atoms with Crippen LogP contribution in [0.2, 0.25) is 0 Å². The lowest BCUT2D eigenvalue weighted by Crippen LogP contribution is -2.58. The second-order valence-electron chi connectivity index (χ2n) is 8.74. The number of carbonyl (C=O) groups is 1. The zero-order valence-corrected chi connectivity index (χ0v) is 17.8. The van der Waals surface area contributed by atoms with Gasteiger partial charge in [0.15, 0.2) is 0 Å². The second kappa shape index (κ2) is 9.57. The molecule has 0 atom stereocenters. The third-order valence-electron chi connectivity index (χ3n) is 6.89. The van der Waals surface area contributed by atoms with Crippen LogP contribution in [-0.4, -0.2) is 61.9 Å². The molecule has 1 N–H and O–H groups in total. The van der Waals surface area contributed by atoms with Crippen LogP contribution >= 0.6 is 11.8 Å². The number of nitrogens with zero attached hydrogens (tertiary/aromatic N) is 5. The van der Waals surface area contributed by atoms with Crippen molar-refractivity contribution >= 4 is 17.7 Å². The Hall–Kier alpha value is -1.15. The van der Waals surface area contributed by atoms with Crippen molar-refractivity contribution in [3.8, 4) is 0 Å². The van der Waals surface area contributed by atoms with E-state index in [-0.39, 0.29) is 11.4 Å². The number of hydrogen-bond donors (Lipinski definition) is 1. The summed E-state index contributed by atoms with van der Waals surface area (Å²) in [5.41, 5.74) is 0.185. The van der Waals surface area contributed by atoms with E-state index in [4.69, 9.17) is 0 Å². The summed E-state index contributed by atoms with van der Waals surface area (Å²) in [5.74, 6) is 0.497. The predicted octanol–water partition coefficient (Wildman–Crippen LogP) is 3.19. The lowest BCUT2D eigenvalue weighted by atomic mass is 9.79.